The van der Waals surface area contributed by atoms with E-state index in [0.29, 0.717) is 0 Å². The van der Waals surface area contributed by atoms with Crippen LogP contribution in [-0.2, 0) is 27.4 Å². The second-order valence-electron chi connectivity index (χ2n) is 7.50. The number of halogens is 1. The van der Waals surface area contributed by atoms with Gasteiger partial charge in [-0.3, -0.25) is 14.3 Å². The predicted octanol–water partition coefficient (Wildman–Crippen LogP) is 3.26. The number of nitrogens with one attached hydrogen (secondary N) is 1. The zero-order valence-electron chi connectivity index (χ0n) is 17.1. The number of ether oxygens (including phenoxy) is 3. The Kier molecular flexibility index (Phi) is 6.92. The molecule has 4 atom stereocenters. The van der Waals surface area contributed by atoms with Gasteiger partial charge in [-0.15, -0.1) is 0 Å². The Bertz CT molecular complexity index is 1140. The first-order chi connectivity index (χ1) is 15.5. The SMILES string of the molecule is O=c1ccn(C2OC(F)(COCc3ccccc3)C(OCc3ccccc3)C2O)c(=S)[nH]1. The maximum absolute atomic E-state index is 16.0. The molecule has 0 aliphatic carbocycles. The Hall–Kier alpha value is -2.69. The van der Waals surface area contributed by atoms with Gasteiger partial charge in [0.15, 0.2) is 11.0 Å². The topological polar surface area (TPSA) is 85.7 Å². The number of hydrogen-bond donors (Lipinski definition) is 2. The van der Waals surface area contributed by atoms with Crippen molar-refractivity contribution in [1.82, 2.24) is 9.55 Å². The highest BCUT2D eigenvalue weighted by molar-refractivity contribution is 7.71. The molecule has 3 aromatic rings. The van der Waals surface area contributed by atoms with Gasteiger partial charge < -0.3 is 19.3 Å². The Morgan fingerprint density at radius 2 is 1.69 bits per heavy atom. The van der Waals surface area contributed by atoms with Gasteiger partial charge in [0.1, 0.15) is 18.8 Å². The third-order valence-corrected chi connectivity index (χ3v) is 5.46. The molecule has 1 fully saturated rings. The second-order valence-corrected chi connectivity index (χ2v) is 7.88. The van der Waals surface area contributed by atoms with E-state index in [4.69, 9.17) is 26.4 Å². The van der Waals surface area contributed by atoms with Crippen LogP contribution in [-0.4, -0.2) is 39.3 Å². The molecule has 9 heteroatoms. The van der Waals surface area contributed by atoms with E-state index in [9.17, 15) is 9.90 Å². The molecule has 1 saturated heterocycles. The summed E-state index contributed by atoms with van der Waals surface area (Å²) in [6.07, 6.45) is -2.61. The molecule has 7 nitrogen and oxygen atoms in total. The molecule has 168 valence electrons. The van der Waals surface area contributed by atoms with Crippen LogP contribution in [0.4, 0.5) is 4.39 Å². The molecule has 0 amide bonds. The minimum Gasteiger partial charge on any atom is -0.385 e. The number of rotatable bonds is 8. The van der Waals surface area contributed by atoms with Gasteiger partial charge in [-0.1, -0.05) is 60.7 Å². The normalized spacial score (nSPS) is 25.1. The van der Waals surface area contributed by atoms with E-state index >= 15 is 4.39 Å². The summed E-state index contributed by atoms with van der Waals surface area (Å²) in [6, 6.07) is 19.8. The summed E-state index contributed by atoms with van der Waals surface area (Å²) in [5.74, 6) is -2.45. The lowest BCUT2D eigenvalue weighted by Gasteiger charge is -2.26. The number of nitrogens with zero attached hydrogens (tertiary/aromatic N) is 1. The maximum atomic E-state index is 16.0. The van der Waals surface area contributed by atoms with Crippen LogP contribution < -0.4 is 5.56 Å². The van der Waals surface area contributed by atoms with Crippen LogP contribution in [0.5, 0.6) is 0 Å². The van der Waals surface area contributed by atoms with E-state index in [2.05, 4.69) is 4.98 Å². The summed E-state index contributed by atoms with van der Waals surface area (Å²) in [7, 11) is 0. The Balaban J connectivity index is 1.55. The summed E-state index contributed by atoms with van der Waals surface area (Å²) in [6.45, 7) is -0.230. The lowest BCUT2D eigenvalue weighted by atomic mass is 10.1. The van der Waals surface area contributed by atoms with Crippen molar-refractivity contribution in [2.24, 2.45) is 0 Å². The van der Waals surface area contributed by atoms with Crippen molar-refractivity contribution >= 4 is 12.2 Å². The van der Waals surface area contributed by atoms with E-state index in [0.717, 1.165) is 11.1 Å². The summed E-state index contributed by atoms with van der Waals surface area (Å²) in [5.41, 5.74) is 1.28. The molecular weight excluding hydrogens is 435 g/mol. The molecule has 0 radical (unpaired) electrons. The molecule has 1 aliphatic heterocycles. The van der Waals surface area contributed by atoms with Crippen molar-refractivity contribution < 1.29 is 23.7 Å². The lowest BCUT2D eigenvalue weighted by molar-refractivity contribution is -0.228. The minimum absolute atomic E-state index is 0.00202. The van der Waals surface area contributed by atoms with Gasteiger partial charge in [0.25, 0.3) is 11.4 Å². The minimum atomic E-state index is -2.45. The average molecular weight is 459 g/mol. The van der Waals surface area contributed by atoms with E-state index in [1.807, 2.05) is 60.7 Å². The molecular formula is C23H23FN2O5S. The van der Waals surface area contributed by atoms with Gasteiger partial charge in [0, 0.05) is 12.3 Å². The first-order valence-electron chi connectivity index (χ1n) is 10.1. The Morgan fingerprint density at radius 3 is 2.31 bits per heavy atom. The van der Waals surface area contributed by atoms with Crippen molar-refractivity contribution in [3.8, 4) is 0 Å². The highest BCUT2D eigenvalue weighted by Gasteiger charge is 2.57. The summed E-state index contributed by atoms with van der Waals surface area (Å²) < 4.78 is 34.3. The van der Waals surface area contributed by atoms with Crippen LogP contribution in [0.3, 0.4) is 0 Å². The van der Waals surface area contributed by atoms with Crippen LogP contribution in [0, 0.1) is 4.77 Å². The fourth-order valence-corrected chi connectivity index (χ4v) is 3.84. The van der Waals surface area contributed by atoms with Gasteiger partial charge in [-0.25, -0.2) is 4.39 Å². The van der Waals surface area contributed by atoms with Gasteiger partial charge >= 0.3 is 0 Å². The molecule has 2 aromatic carbocycles. The lowest BCUT2D eigenvalue weighted by Crippen LogP contribution is -2.45. The highest BCUT2D eigenvalue weighted by Crippen LogP contribution is 2.41. The number of H-pyrrole nitrogens is 1. The molecule has 4 rings (SSSR count). The third kappa shape index (κ3) is 5.03. The number of aromatic amines is 1. The molecule has 32 heavy (non-hydrogen) atoms. The fourth-order valence-electron chi connectivity index (χ4n) is 3.57. The van der Waals surface area contributed by atoms with Crippen molar-refractivity contribution in [3.05, 3.63) is 99.2 Å². The Morgan fingerprint density at radius 1 is 1.06 bits per heavy atom. The van der Waals surface area contributed by atoms with Gasteiger partial charge in [0.05, 0.1) is 13.2 Å². The number of aliphatic hydroxyl groups is 1. The maximum Gasteiger partial charge on any atom is 0.263 e. The molecule has 4 unspecified atom stereocenters. The first-order valence-corrected chi connectivity index (χ1v) is 10.5. The van der Waals surface area contributed by atoms with Crippen molar-refractivity contribution in [2.75, 3.05) is 6.61 Å². The van der Waals surface area contributed by atoms with Gasteiger partial charge in [0.2, 0.25) is 0 Å². The molecule has 0 bridgehead atoms. The zero-order chi connectivity index (χ0) is 22.6. The number of benzene rings is 2. The van der Waals surface area contributed by atoms with Crippen molar-refractivity contribution in [1.29, 1.82) is 0 Å². The van der Waals surface area contributed by atoms with Gasteiger partial charge in [-0.05, 0) is 23.3 Å². The predicted molar refractivity (Wildman–Crippen MR) is 117 cm³/mol. The second kappa shape index (κ2) is 9.85. The van der Waals surface area contributed by atoms with Crippen LogP contribution >= 0.6 is 12.2 Å². The first kappa shape index (κ1) is 22.5. The standard InChI is InChI=1S/C23H23FN2O5S/c24-23(15-29-13-16-7-3-1-4-8-16)20(30-14-17-9-5-2-6-10-17)19(28)21(31-23)26-12-11-18(27)25-22(26)32/h1-12,19-21,28H,13-15H2,(H,25,27,32). The molecule has 2 N–H and O–H groups in total. The van der Waals surface area contributed by atoms with Crippen LogP contribution in [0.25, 0.3) is 0 Å². The molecule has 0 saturated carbocycles. The number of aliphatic hydroxyl groups excluding tert-OH is 1. The molecule has 0 spiro atoms. The monoisotopic (exact) mass is 458 g/mol. The van der Waals surface area contributed by atoms with E-state index in [1.54, 1.807) is 0 Å². The van der Waals surface area contributed by atoms with Crippen LogP contribution in [0.15, 0.2) is 77.7 Å². The average Bonchev–Trinajstić information content (AvgIpc) is 3.03. The van der Waals surface area contributed by atoms with E-state index in [1.165, 1.54) is 16.8 Å². The fraction of sp³-hybridized carbons (Fsp3) is 0.304. The number of alkyl halides is 1. The molecule has 1 aliphatic rings. The van der Waals surface area contributed by atoms with Crippen molar-refractivity contribution in [2.45, 2.75) is 37.5 Å². The molecule has 1 aromatic heterocycles. The third-order valence-electron chi connectivity index (χ3n) is 5.15. The van der Waals surface area contributed by atoms with Crippen molar-refractivity contribution in [3.63, 3.8) is 0 Å². The van der Waals surface area contributed by atoms with Gasteiger partial charge in [-0.2, -0.15) is 0 Å². The Labute approximate surface area is 189 Å². The van der Waals surface area contributed by atoms with E-state index < -0.39 is 36.5 Å². The van der Waals surface area contributed by atoms with Crippen LogP contribution in [0.1, 0.15) is 17.4 Å². The zero-order valence-corrected chi connectivity index (χ0v) is 17.9. The number of aromatic nitrogens is 2. The van der Waals surface area contributed by atoms with Crippen LogP contribution in [0.2, 0.25) is 0 Å². The smallest absolute Gasteiger partial charge is 0.263 e. The largest absolute Gasteiger partial charge is 0.385 e. The van der Waals surface area contributed by atoms with E-state index in [-0.39, 0.29) is 18.0 Å². The quantitative estimate of drug-likeness (QED) is 0.504. The number of hydrogen-bond acceptors (Lipinski definition) is 6. The summed E-state index contributed by atoms with van der Waals surface area (Å²) in [5, 5.41) is 10.9. The highest BCUT2D eigenvalue weighted by atomic mass is 32.1. The summed E-state index contributed by atoms with van der Waals surface area (Å²) >= 11 is 5.16. The summed E-state index contributed by atoms with van der Waals surface area (Å²) in [4.78, 5) is 13.9. The molecule has 2 heterocycles.